The molecule has 2 unspecified atom stereocenters. The fourth-order valence-electron chi connectivity index (χ4n) is 4.21. The highest BCUT2D eigenvalue weighted by Gasteiger charge is 2.48. The highest BCUT2D eigenvalue weighted by atomic mass is 79.9. The summed E-state index contributed by atoms with van der Waals surface area (Å²) >= 11 is 3.52. The molecular formula is C23H21BrF2N2O4. The number of carbonyl (C=O) groups is 1. The van der Waals surface area contributed by atoms with Gasteiger partial charge in [-0.15, -0.1) is 0 Å². The van der Waals surface area contributed by atoms with Crippen molar-refractivity contribution in [1.82, 2.24) is 10.1 Å². The molecule has 1 aliphatic heterocycles. The molecule has 1 aromatic heterocycles. The van der Waals surface area contributed by atoms with E-state index in [0.717, 1.165) is 33.7 Å². The van der Waals surface area contributed by atoms with Gasteiger partial charge < -0.3 is 19.6 Å². The maximum atomic E-state index is 14.0. The number of nitrogens with zero attached hydrogens (tertiary/aromatic N) is 2. The van der Waals surface area contributed by atoms with E-state index in [0.29, 0.717) is 10.2 Å². The Balaban J connectivity index is 1.83. The summed E-state index contributed by atoms with van der Waals surface area (Å²) in [5, 5.41) is 25.4. The van der Waals surface area contributed by atoms with Crippen molar-refractivity contribution in [2.75, 3.05) is 13.1 Å². The first-order valence-electron chi connectivity index (χ1n) is 10.0. The minimum atomic E-state index is -1.69. The molecule has 2 N–H and O–H groups in total. The van der Waals surface area contributed by atoms with Gasteiger partial charge in [0.25, 0.3) is 0 Å². The fraction of sp³-hybridized carbons (Fsp3) is 0.304. The van der Waals surface area contributed by atoms with E-state index in [-0.39, 0.29) is 30.8 Å². The SMILES string of the molecule is Cc1cccc(-c2noc(C3CN(C(=O)O)CCC3(O)c3ccc(F)c(F)c3)c2Br)c1C. The molecule has 1 amide bonds. The average molecular weight is 507 g/mol. The van der Waals surface area contributed by atoms with Crippen LogP contribution in [0.4, 0.5) is 13.6 Å². The Morgan fingerprint density at radius 2 is 2.00 bits per heavy atom. The molecular weight excluding hydrogens is 486 g/mol. The third-order valence-corrected chi connectivity index (χ3v) is 7.03. The van der Waals surface area contributed by atoms with Gasteiger partial charge in [-0.3, -0.25) is 0 Å². The monoisotopic (exact) mass is 506 g/mol. The smallest absolute Gasteiger partial charge is 0.407 e. The van der Waals surface area contributed by atoms with Crippen molar-refractivity contribution in [2.45, 2.75) is 31.8 Å². The summed E-state index contributed by atoms with van der Waals surface area (Å²) in [6.07, 6.45) is -1.17. The van der Waals surface area contributed by atoms with Crippen LogP contribution in [0.3, 0.4) is 0 Å². The molecule has 2 aromatic carbocycles. The molecule has 168 valence electrons. The first-order valence-corrected chi connectivity index (χ1v) is 10.8. The molecule has 1 fully saturated rings. The average Bonchev–Trinajstić information content (AvgIpc) is 3.13. The van der Waals surface area contributed by atoms with Crippen LogP contribution in [-0.4, -0.2) is 39.5 Å². The summed E-state index contributed by atoms with van der Waals surface area (Å²) in [5.41, 5.74) is 1.85. The van der Waals surface area contributed by atoms with Crippen LogP contribution in [0.15, 0.2) is 45.4 Å². The lowest BCUT2D eigenvalue weighted by atomic mass is 9.74. The summed E-state index contributed by atoms with van der Waals surface area (Å²) < 4.78 is 33.6. The van der Waals surface area contributed by atoms with Gasteiger partial charge in [-0.1, -0.05) is 29.4 Å². The van der Waals surface area contributed by atoms with E-state index in [1.165, 1.54) is 6.07 Å². The molecule has 3 aromatic rings. The van der Waals surface area contributed by atoms with Crippen molar-refractivity contribution in [3.8, 4) is 11.3 Å². The van der Waals surface area contributed by atoms with Crippen LogP contribution in [-0.2, 0) is 5.60 Å². The number of piperidine rings is 1. The van der Waals surface area contributed by atoms with E-state index in [4.69, 9.17) is 4.52 Å². The van der Waals surface area contributed by atoms with Gasteiger partial charge in [-0.05, 0) is 65.0 Å². The lowest BCUT2D eigenvalue weighted by Gasteiger charge is -2.43. The van der Waals surface area contributed by atoms with Gasteiger partial charge in [0.05, 0.1) is 10.4 Å². The number of hydrogen-bond donors (Lipinski definition) is 2. The second-order valence-corrected chi connectivity index (χ2v) is 8.83. The van der Waals surface area contributed by atoms with Crippen LogP contribution in [0.5, 0.6) is 0 Å². The third kappa shape index (κ3) is 3.69. The molecule has 1 aliphatic rings. The number of likely N-dealkylation sites (tertiary alicyclic amines) is 1. The maximum absolute atomic E-state index is 14.0. The molecule has 1 saturated heterocycles. The molecule has 0 spiro atoms. The van der Waals surface area contributed by atoms with Crippen LogP contribution in [0, 0.1) is 25.5 Å². The molecule has 4 rings (SSSR count). The van der Waals surface area contributed by atoms with E-state index in [9.17, 15) is 23.8 Å². The molecule has 0 bridgehead atoms. The highest BCUT2D eigenvalue weighted by Crippen LogP contribution is 2.47. The lowest BCUT2D eigenvalue weighted by Crippen LogP contribution is -2.50. The Morgan fingerprint density at radius 1 is 1.25 bits per heavy atom. The zero-order chi connectivity index (χ0) is 23.2. The van der Waals surface area contributed by atoms with E-state index in [2.05, 4.69) is 21.1 Å². The Morgan fingerprint density at radius 3 is 2.69 bits per heavy atom. The molecule has 2 atom stereocenters. The first kappa shape index (κ1) is 22.4. The van der Waals surface area contributed by atoms with Crippen LogP contribution in [0.1, 0.15) is 34.8 Å². The van der Waals surface area contributed by atoms with E-state index < -0.39 is 29.2 Å². The van der Waals surface area contributed by atoms with E-state index in [1.807, 2.05) is 32.0 Å². The minimum absolute atomic E-state index is 0.0247. The molecule has 9 heteroatoms. The number of benzene rings is 2. The van der Waals surface area contributed by atoms with Crippen molar-refractivity contribution >= 4 is 22.0 Å². The topological polar surface area (TPSA) is 86.8 Å². The van der Waals surface area contributed by atoms with Gasteiger partial charge in [0.2, 0.25) is 0 Å². The predicted octanol–water partition coefficient (Wildman–Crippen LogP) is 5.35. The van der Waals surface area contributed by atoms with Gasteiger partial charge in [0, 0.05) is 18.7 Å². The number of aryl methyl sites for hydroxylation is 1. The molecule has 0 radical (unpaired) electrons. The number of hydrogen-bond acceptors (Lipinski definition) is 4. The maximum Gasteiger partial charge on any atom is 0.407 e. The van der Waals surface area contributed by atoms with Crippen LogP contribution < -0.4 is 0 Å². The summed E-state index contributed by atoms with van der Waals surface area (Å²) in [7, 11) is 0. The Labute approximate surface area is 191 Å². The Hall–Kier alpha value is -2.78. The standard InChI is InChI=1S/C23H21BrF2N2O4/c1-12-4-3-5-15(13(12)2)20-19(24)21(32-27-20)16-11-28(22(29)30)9-8-23(16,31)14-6-7-17(25)18(26)10-14/h3-7,10,16,31H,8-9,11H2,1-2H3,(H,29,30). The second kappa shape index (κ2) is 8.29. The van der Waals surface area contributed by atoms with Crippen molar-refractivity contribution in [1.29, 1.82) is 0 Å². The minimum Gasteiger partial charge on any atom is -0.465 e. The van der Waals surface area contributed by atoms with Gasteiger partial charge in [-0.2, -0.15) is 0 Å². The molecule has 32 heavy (non-hydrogen) atoms. The number of aliphatic hydroxyl groups is 1. The summed E-state index contributed by atoms with van der Waals surface area (Å²) in [5.74, 6) is -2.80. The summed E-state index contributed by atoms with van der Waals surface area (Å²) in [4.78, 5) is 12.8. The van der Waals surface area contributed by atoms with Crippen LogP contribution >= 0.6 is 15.9 Å². The summed E-state index contributed by atoms with van der Waals surface area (Å²) in [6.45, 7) is 3.85. The zero-order valence-electron chi connectivity index (χ0n) is 17.4. The molecule has 6 nitrogen and oxygen atoms in total. The summed E-state index contributed by atoms with van der Waals surface area (Å²) in [6, 6.07) is 8.94. The highest BCUT2D eigenvalue weighted by molar-refractivity contribution is 9.10. The van der Waals surface area contributed by atoms with Gasteiger partial charge in [0.15, 0.2) is 17.4 Å². The number of halogens is 3. The van der Waals surface area contributed by atoms with Crippen LogP contribution in [0.25, 0.3) is 11.3 Å². The van der Waals surface area contributed by atoms with Crippen LogP contribution in [0.2, 0.25) is 0 Å². The van der Waals surface area contributed by atoms with Crippen molar-refractivity contribution in [2.24, 2.45) is 0 Å². The molecule has 0 saturated carbocycles. The number of carboxylic acid groups (broad SMARTS) is 1. The quantitative estimate of drug-likeness (QED) is 0.499. The van der Waals surface area contributed by atoms with Gasteiger partial charge in [-0.25, -0.2) is 13.6 Å². The zero-order valence-corrected chi connectivity index (χ0v) is 19.0. The van der Waals surface area contributed by atoms with Crippen molar-refractivity contribution in [3.05, 3.63) is 75.0 Å². The number of rotatable bonds is 3. The Kier molecular flexibility index (Phi) is 5.81. The normalized spacial score (nSPS) is 21.1. The van der Waals surface area contributed by atoms with Gasteiger partial charge >= 0.3 is 6.09 Å². The van der Waals surface area contributed by atoms with E-state index >= 15 is 0 Å². The largest absolute Gasteiger partial charge is 0.465 e. The molecule has 0 aliphatic carbocycles. The van der Waals surface area contributed by atoms with Crippen molar-refractivity contribution < 1.29 is 28.3 Å². The van der Waals surface area contributed by atoms with E-state index in [1.54, 1.807) is 0 Å². The third-order valence-electron chi connectivity index (χ3n) is 6.27. The number of amides is 1. The fourth-order valence-corrected chi connectivity index (χ4v) is 4.84. The number of aromatic nitrogens is 1. The predicted molar refractivity (Wildman–Crippen MR) is 116 cm³/mol. The first-order chi connectivity index (χ1) is 15.1. The molecule has 2 heterocycles. The van der Waals surface area contributed by atoms with Gasteiger partial charge in [0.1, 0.15) is 11.3 Å². The second-order valence-electron chi connectivity index (χ2n) is 8.04. The van der Waals surface area contributed by atoms with Crippen molar-refractivity contribution in [3.63, 3.8) is 0 Å². The Bertz CT molecular complexity index is 1200. The lowest BCUT2D eigenvalue weighted by molar-refractivity contribution is -0.0495.